The van der Waals surface area contributed by atoms with E-state index in [1.165, 1.54) is 29.7 Å². The van der Waals surface area contributed by atoms with Crippen LogP contribution in [0.3, 0.4) is 0 Å². The molecule has 1 aliphatic rings. The third-order valence-corrected chi connectivity index (χ3v) is 5.78. The van der Waals surface area contributed by atoms with Crippen LogP contribution in [0.25, 0.3) is 0 Å². The van der Waals surface area contributed by atoms with Crippen LogP contribution in [0.5, 0.6) is 5.75 Å². The average molecular weight is 349 g/mol. The fourth-order valence-electron chi connectivity index (χ4n) is 2.97. The molecule has 4 nitrogen and oxygen atoms in total. The molecule has 0 spiro atoms. The van der Waals surface area contributed by atoms with E-state index in [4.69, 9.17) is 4.74 Å². The minimum Gasteiger partial charge on any atom is -0.492 e. The quantitative estimate of drug-likeness (QED) is 0.816. The number of benzene rings is 2. The van der Waals surface area contributed by atoms with Crippen molar-refractivity contribution in [1.82, 2.24) is 4.72 Å². The first-order chi connectivity index (χ1) is 11.5. The van der Waals surface area contributed by atoms with Crippen LogP contribution in [0.1, 0.15) is 23.1 Å². The molecule has 0 atom stereocenters. The minimum absolute atomic E-state index is 0.0847. The van der Waals surface area contributed by atoms with Gasteiger partial charge in [-0.05, 0) is 73.2 Å². The molecule has 0 heterocycles. The lowest BCUT2D eigenvalue weighted by Gasteiger charge is -2.11. The molecule has 6 heteroatoms. The van der Waals surface area contributed by atoms with Crippen molar-refractivity contribution in [2.45, 2.75) is 31.1 Å². The van der Waals surface area contributed by atoms with Gasteiger partial charge in [0.05, 0.1) is 4.90 Å². The van der Waals surface area contributed by atoms with Crippen molar-refractivity contribution < 1.29 is 17.5 Å². The Morgan fingerprint density at radius 1 is 1.12 bits per heavy atom. The van der Waals surface area contributed by atoms with Crippen LogP contribution in [-0.4, -0.2) is 21.6 Å². The lowest BCUT2D eigenvalue weighted by Crippen LogP contribution is -2.28. The highest BCUT2D eigenvalue weighted by Crippen LogP contribution is 2.26. The van der Waals surface area contributed by atoms with E-state index >= 15 is 0 Å². The van der Waals surface area contributed by atoms with Gasteiger partial charge in [0, 0.05) is 6.54 Å². The summed E-state index contributed by atoms with van der Waals surface area (Å²) in [5, 5.41) is 0. The van der Waals surface area contributed by atoms with E-state index in [0.29, 0.717) is 5.56 Å². The zero-order valence-electron chi connectivity index (χ0n) is 13.5. The highest BCUT2D eigenvalue weighted by molar-refractivity contribution is 7.89. The van der Waals surface area contributed by atoms with Gasteiger partial charge in [0.25, 0.3) is 0 Å². The Kier molecular flexibility index (Phi) is 4.87. The normalized spacial score (nSPS) is 13.8. The van der Waals surface area contributed by atoms with E-state index in [1.807, 2.05) is 12.1 Å². The SMILES string of the molecule is Cc1cc(F)ccc1S(=O)(=O)NCCOc1ccc2c(c1)CCC2. The molecule has 0 saturated carbocycles. The zero-order valence-corrected chi connectivity index (χ0v) is 14.3. The molecule has 0 bridgehead atoms. The molecule has 2 aromatic carbocycles. The van der Waals surface area contributed by atoms with Gasteiger partial charge in [0.1, 0.15) is 18.2 Å². The van der Waals surface area contributed by atoms with E-state index in [9.17, 15) is 12.8 Å². The predicted molar refractivity (Wildman–Crippen MR) is 90.3 cm³/mol. The first kappa shape index (κ1) is 16.9. The van der Waals surface area contributed by atoms with Crippen molar-refractivity contribution in [2.75, 3.05) is 13.2 Å². The van der Waals surface area contributed by atoms with E-state index in [0.717, 1.165) is 24.7 Å². The Hall–Kier alpha value is -1.92. The minimum atomic E-state index is -3.67. The Morgan fingerprint density at radius 2 is 1.92 bits per heavy atom. The van der Waals surface area contributed by atoms with Crippen LogP contribution in [-0.2, 0) is 22.9 Å². The van der Waals surface area contributed by atoms with Crippen LogP contribution in [0.4, 0.5) is 4.39 Å². The number of hydrogen-bond donors (Lipinski definition) is 1. The highest BCUT2D eigenvalue weighted by atomic mass is 32.2. The smallest absolute Gasteiger partial charge is 0.240 e. The summed E-state index contributed by atoms with van der Waals surface area (Å²) in [6.07, 6.45) is 3.37. The standard InChI is InChI=1S/C18H20FNO3S/c1-13-11-16(19)6-8-18(13)24(21,22)20-9-10-23-17-7-5-14-3-2-4-15(14)12-17/h5-8,11-12,20H,2-4,9-10H2,1H3. The zero-order chi connectivity index (χ0) is 17.2. The van der Waals surface area contributed by atoms with E-state index in [1.54, 1.807) is 6.92 Å². The molecule has 24 heavy (non-hydrogen) atoms. The van der Waals surface area contributed by atoms with Crippen LogP contribution in [0, 0.1) is 12.7 Å². The van der Waals surface area contributed by atoms with Crippen LogP contribution in [0.15, 0.2) is 41.3 Å². The molecule has 1 aliphatic carbocycles. The van der Waals surface area contributed by atoms with Gasteiger partial charge in [-0.1, -0.05) is 6.07 Å². The summed E-state index contributed by atoms with van der Waals surface area (Å²) < 4.78 is 45.7. The van der Waals surface area contributed by atoms with Crippen molar-refractivity contribution in [2.24, 2.45) is 0 Å². The second kappa shape index (κ2) is 6.91. The second-order valence-electron chi connectivity index (χ2n) is 5.94. The van der Waals surface area contributed by atoms with Gasteiger partial charge in [-0.15, -0.1) is 0 Å². The van der Waals surface area contributed by atoms with E-state index in [-0.39, 0.29) is 18.0 Å². The number of ether oxygens (including phenoxy) is 1. The van der Waals surface area contributed by atoms with E-state index in [2.05, 4.69) is 10.8 Å². The van der Waals surface area contributed by atoms with Crippen molar-refractivity contribution in [1.29, 1.82) is 0 Å². The third kappa shape index (κ3) is 3.76. The Morgan fingerprint density at radius 3 is 2.71 bits per heavy atom. The summed E-state index contributed by atoms with van der Waals surface area (Å²) in [6, 6.07) is 9.64. The van der Waals surface area contributed by atoms with Crippen molar-refractivity contribution in [3.05, 3.63) is 58.9 Å². The van der Waals surface area contributed by atoms with Crippen molar-refractivity contribution in [3.63, 3.8) is 0 Å². The first-order valence-corrected chi connectivity index (χ1v) is 9.44. The van der Waals surface area contributed by atoms with Gasteiger partial charge in [-0.2, -0.15) is 0 Å². The molecule has 0 fully saturated rings. The Labute approximate surface area is 141 Å². The van der Waals surface area contributed by atoms with Crippen LogP contribution >= 0.6 is 0 Å². The number of sulfonamides is 1. The average Bonchev–Trinajstić information content (AvgIpc) is 2.99. The molecule has 2 aromatic rings. The van der Waals surface area contributed by atoms with Crippen LogP contribution < -0.4 is 9.46 Å². The maximum Gasteiger partial charge on any atom is 0.240 e. The number of fused-ring (bicyclic) bond motifs is 1. The molecule has 128 valence electrons. The molecule has 1 N–H and O–H groups in total. The van der Waals surface area contributed by atoms with Gasteiger partial charge in [0.2, 0.25) is 10.0 Å². The monoisotopic (exact) mass is 349 g/mol. The summed E-state index contributed by atoms with van der Waals surface area (Å²) in [6.45, 7) is 1.95. The van der Waals surface area contributed by atoms with Gasteiger partial charge >= 0.3 is 0 Å². The maximum absolute atomic E-state index is 13.1. The molecule has 0 radical (unpaired) electrons. The Balaban J connectivity index is 1.56. The molecular formula is C18H20FNO3S. The number of aryl methyl sites for hydroxylation is 3. The number of rotatable bonds is 6. The summed E-state index contributed by atoms with van der Waals surface area (Å²) >= 11 is 0. The topological polar surface area (TPSA) is 55.4 Å². The first-order valence-electron chi connectivity index (χ1n) is 7.96. The van der Waals surface area contributed by atoms with Crippen molar-refractivity contribution >= 4 is 10.0 Å². The summed E-state index contributed by atoms with van der Waals surface area (Å²) in [4.78, 5) is 0.0847. The molecule has 0 saturated heterocycles. The van der Waals surface area contributed by atoms with Gasteiger partial charge in [-0.25, -0.2) is 17.5 Å². The summed E-state index contributed by atoms with van der Waals surface area (Å²) in [5.74, 6) is 0.305. The molecule has 0 aliphatic heterocycles. The van der Waals surface area contributed by atoms with Crippen LogP contribution in [0.2, 0.25) is 0 Å². The fourth-order valence-corrected chi connectivity index (χ4v) is 4.21. The largest absolute Gasteiger partial charge is 0.492 e. The van der Waals surface area contributed by atoms with Gasteiger partial charge < -0.3 is 4.74 Å². The Bertz CT molecular complexity index is 849. The molecular weight excluding hydrogens is 329 g/mol. The van der Waals surface area contributed by atoms with Crippen molar-refractivity contribution in [3.8, 4) is 5.75 Å². The highest BCUT2D eigenvalue weighted by Gasteiger charge is 2.17. The lowest BCUT2D eigenvalue weighted by atomic mass is 10.1. The fraction of sp³-hybridized carbons (Fsp3) is 0.333. The number of nitrogens with one attached hydrogen (secondary N) is 1. The number of halogens is 1. The molecule has 3 rings (SSSR count). The third-order valence-electron chi connectivity index (χ3n) is 4.16. The summed E-state index contributed by atoms with van der Waals surface area (Å²) in [7, 11) is -3.67. The maximum atomic E-state index is 13.1. The second-order valence-corrected chi connectivity index (χ2v) is 7.68. The lowest BCUT2D eigenvalue weighted by molar-refractivity contribution is 0.322. The predicted octanol–water partition coefficient (Wildman–Crippen LogP) is 2.98. The molecule has 0 unspecified atom stereocenters. The summed E-state index contributed by atoms with van der Waals surface area (Å²) in [5.41, 5.74) is 3.06. The number of hydrogen-bond acceptors (Lipinski definition) is 3. The molecule has 0 aromatic heterocycles. The van der Waals surface area contributed by atoms with Gasteiger partial charge in [-0.3, -0.25) is 0 Å². The van der Waals surface area contributed by atoms with E-state index < -0.39 is 15.8 Å². The molecule has 0 amide bonds. The van der Waals surface area contributed by atoms with Gasteiger partial charge in [0.15, 0.2) is 0 Å².